The van der Waals surface area contributed by atoms with Crippen LogP contribution < -0.4 is 14.4 Å². The molecule has 1 saturated heterocycles. The summed E-state index contributed by atoms with van der Waals surface area (Å²) in [6.07, 6.45) is 0. The highest BCUT2D eigenvalue weighted by molar-refractivity contribution is 6.51. The number of aryl methyl sites for hydroxylation is 1. The molecule has 1 atom stereocenters. The average molecular weight is 458 g/mol. The molecule has 1 N–H and O–H groups in total. The van der Waals surface area contributed by atoms with Crippen LogP contribution in [0.4, 0.5) is 5.69 Å². The Morgan fingerprint density at radius 2 is 1.59 bits per heavy atom. The van der Waals surface area contributed by atoms with Gasteiger partial charge in [-0.25, -0.2) is 0 Å². The summed E-state index contributed by atoms with van der Waals surface area (Å²) in [5.41, 5.74) is 3.69. The first-order chi connectivity index (χ1) is 16.4. The number of methoxy groups -OCH3 is 1. The van der Waals surface area contributed by atoms with Gasteiger partial charge in [-0.1, -0.05) is 24.3 Å². The summed E-state index contributed by atoms with van der Waals surface area (Å²) in [4.78, 5) is 28.1. The third-order valence-electron chi connectivity index (χ3n) is 6.15. The van der Waals surface area contributed by atoms with Gasteiger partial charge in [0.05, 0.1) is 25.3 Å². The molecule has 1 fully saturated rings. The van der Waals surface area contributed by atoms with Crippen LogP contribution >= 0.6 is 0 Å². The predicted octanol–water partition coefficient (Wildman–Crippen LogP) is 5.34. The number of nitrogens with zero attached hydrogens (tertiary/aromatic N) is 1. The Kier molecular flexibility index (Phi) is 6.41. The van der Waals surface area contributed by atoms with Gasteiger partial charge in [-0.2, -0.15) is 0 Å². The smallest absolute Gasteiger partial charge is 0.300 e. The van der Waals surface area contributed by atoms with Crippen molar-refractivity contribution in [2.24, 2.45) is 0 Å². The summed E-state index contributed by atoms with van der Waals surface area (Å²) in [7, 11) is 1.57. The first kappa shape index (κ1) is 23.1. The number of amides is 1. The number of hydrogen-bond acceptors (Lipinski definition) is 5. The molecule has 3 aromatic carbocycles. The standard InChI is InChI=1S/C28H27NO5/c1-5-34-22-15-11-20(12-16-22)26(30)24-25(19-9-13-21(33-4)14-10-19)29(28(32)27(24)31)23-8-6-7-17(2)18(23)3/h6-16,25,30H,5H2,1-4H3/b26-24+. The van der Waals surface area contributed by atoms with Crippen LogP contribution in [-0.4, -0.2) is 30.5 Å². The highest BCUT2D eigenvalue weighted by Gasteiger charge is 2.47. The van der Waals surface area contributed by atoms with E-state index in [0.717, 1.165) is 11.1 Å². The molecule has 0 spiro atoms. The molecule has 1 aliphatic rings. The zero-order valence-electron chi connectivity index (χ0n) is 19.7. The normalized spacial score (nSPS) is 17.2. The van der Waals surface area contributed by atoms with E-state index in [1.54, 1.807) is 55.6 Å². The Balaban J connectivity index is 1.91. The number of Topliss-reactive ketones (excluding diaryl/α,β-unsaturated/α-hetero) is 1. The van der Waals surface area contributed by atoms with E-state index in [1.807, 2.05) is 39.0 Å². The Labute approximate surface area is 199 Å². The number of benzene rings is 3. The molecular weight excluding hydrogens is 430 g/mol. The number of aliphatic hydroxyl groups is 1. The maximum absolute atomic E-state index is 13.3. The number of carbonyl (C=O) groups excluding carboxylic acids is 2. The lowest BCUT2D eigenvalue weighted by Gasteiger charge is -2.27. The van der Waals surface area contributed by atoms with Crippen LogP contribution in [0, 0.1) is 13.8 Å². The molecule has 1 unspecified atom stereocenters. The Morgan fingerprint density at radius 1 is 0.941 bits per heavy atom. The molecule has 0 radical (unpaired) electrons. The van der Waals surface area contributed by atoms with Gasteiger partial charge < -0.3 is 14.6 Å². The number of anilines is 1. The second-order valence-corrected chi connectivity index (χ2v) is 8.12. The predicted molar refractivity (Wildman–Crippen MR) is 131 cm³/mol. The van der Waals surface area contributed by atoms with Gasteiger partial charge in [0, 0.05) is 11.3 Å². The van der Waals surface area contributed by atoms with Crippen LogP contribution in [0.5, 0.6) is 11.5 Å². The SMILES string of the molecule is CCOc1ccc(/C(O)=C2\C(=O)C(=O)N(c3cccc(C)c3C)C2c2ccc(OC)cc2)cc1. The number of hydrogen-bond donors (Lipinski definition) is 1. The van der Waals surface area contributed by atoms with E-state index in [1.165, 1.54) is 4.90 Å². The monoisotopic (exact) mass is 457 g/mol. The highest BCUT2D eigenvalue weighted by Crippen LogP contribution is 2.43. The number of rotatable bonds is 6. The van der Waals surface area contributed by atoms with Gasteiger partial charge in [-0.15, -0.1) is 0 Å². The molecule has 34 heavy (non-hydrogen) atoms. The van der Waals surface area contributed by atoms with Crippen molar-refractivity contribution in [1.29, 1.82) is 0 Å². The van der Waals surface area contributed by atoms with Crippen molar-refractivity contribution in [3.05, 3.63) is 94.6 Å². The van der Waals surface area contributed by atoms with Crippen LogP contribution in [0.25, 0.3) is 5.76 Å². The van der Waals surface area contributed by atoms with Gasteiger partial charge >= 0.3 is 0 Å². The highest BCUT2D eigenvalue weighted by atomic mass is 16.5. The summed E-state index contributed by atoms with van der Waals surface area (Å²) in [5.74, 6) is -0.328. The molecule has 3 aromatic rings. The van der Waals surface area contributed by atoms with Gasteiger partial charge in [0.25, 0.3) is 11.7 Å². The summed E-state index contributed by atoms with van der Waals surface area (Å²) >= 11 is 0. The maximum Gasteiger partial charge on any atom is 0.300 e. The Morgan fingerprint density at radius 3 is 2.21 bits per heavy atom. The summed E-state index contributed by atoms with van der Waals surface area (Å²) in [6.45, 7) is 6.28. The van der Waals surface area contributed by atoms with Crippen LogP contribution in [0.3, 0.4) is 0 Å². The summed E-state index contributed by atoms with van der Waals surface area (Å²) in [6, 6.07) is 18.8. The van der Waals surface area contributed by atoms with Crippen LogP contribution in [-0.2, 0) is 9.59 Å². The van der Waals surface area contributed by atoms with Gasteiger partial charge in [0.15, 0.2) is 0 Å². The maximum atomic E-state index is 13.3. The fraction of sp³-hybridized carbons (Fsp3) is 0.214. The Hall–Kier alpha value is -4.06. The number of ether oxygens (including phenoxy) is 2. The quantitative estimate of drug-likeness (QED) is 0.307. The average Bonchev–Trinajstić information content (AvgIpc) is 3.11. The minimum atomic E-state index is -0.794. The van der Waals surface area contributed by atoms with E-state index in [2.05, 4.69) is 0 Å². The lowest BCUT2D eigenvalue weighted by atomic mass is 9.94. The molecule has 1 heterocycles. The fourth-order valence-electron chi connectivity index (χ4n) is 4.21. The third kappa shape index (κ3) is 4.03. The molecule has 0 aromatic heterocycles. The van der Waals surface area contributed by atoms with Gasteiger partial charge in [-0.05, 0) is 79.9 Å². The molecule has 6 heteroatoms. The molecule has 174 valence electrons. The van der Waals surface area contributed by atoms with Gasteiger partial charge in [0.2, 0.25) is 0 Å². The number of ketones is 1. The first-order valence-corrected chi connectivity index (χ1v) is 11.1. The molecule has 1 aliphatic heterocycles. The van der Waals surface area contributed by atoms with Crippen molar-refractivity contribution in [3.63, 3.8) is 0 Å². The van der Waals surface area contributed by atoms with Crippen LogP contribution in [0.15, 0.2) is 72.3 Å². The van der Waals surface area contributed by atoms with Crippen LogP contribution in [0.1, 0.15) is 35.2 Å². The lowest BCUT2D eigenvalue weighted by Crippen LogP contribution is -2.30. The third-order valence-corrected chi connectivity index (χ3v) is 6.15. The zero-order chi connectivity index (χ0) is 24.4. The van der Waals surface area contributed by atoms with Crippen molar-refractivity contribution < 1.29 is 24.2 Å². The number of carbonyl (C=O) groups is 2. The lowest BCUT2D eigenvalue weighted by molar-refractivity contribution is -0.132. The minimum absolute atomic E-state index is 0.0419. The molecule has 6 nitrogen and oxygen atoms in total. The summed E-state index contributed by atoms with van der Waals surface area (Å²) in [5, 5.41) is 11.3. The molecule has 0 bridgehead atoms. The summed E-state index contributed by atoms with van der Waals surface area (Å²) < 4.78 is 10.8. The van der Waals surface area contributed by atoms with E-state index in [9.17, 15) is 14.7 Å². The van der Waals surface area contributed by atoms with Crippen molar-refractivity contribution in [1.82, 2.24) is 0 Å². The van der Waals surface area contributed by atoms with Gasteiger partial charge in [-0.3, -0.25) is 14.5 Å². The van der Waals surface area contributed by atoms with E-state index in [-0.39, 0.29) is 11.3 Å². The molecule has 1 amide bonds. The topological polar surface area (TPSA) is 76.1 Å². The Bertz CT molecular complexity index is 1260. The van der Waals surface area contributed by atoms with Crippen molar-refractivity contribution >= 4 is 23.1 Å². The largest absolute Gasteiger partial charge is 0.507 e. The minimum Gasteiger partial charge on any atom is -0.507 e. The van der Waals surface area contributed by atoms with Crippen LogP contribution in [0.2, 0.25) is 0 Å². The second-order valence-electron chi connectivity index (χ2n) is 8.12. The van der Waals surface area contributed by atoms with E-state index >= 15 is 0 Å². The molecule has 0 aliphatic carbocycles. The van der Waals surface area contributed by atoms with E-state index in [0.29, 0.717) is 34.9 Å². The second kappa shape index (κ2) is 9.43. The molecule has 4 rings (SSSR count). The van der Waals surface area contributed by atoms with Crippen molar-refractivity contribution in [3.8, 4) is 11.5 Å². The molecular formula is C28H27NO5. The van der Waals surface area contributed by atoms with Crippen molar-refractivity contribution in [2.75, 3.05) is 18.6 Å². The van der Waals surface area contributed by atoms with E-state index < -0.39 is 17.7 Å². The van der Waals surface area contributed by atoms with E-state index in [4.69, 9.17) is 9.47 Å². The van der Waals surface area contributed by atoms with Gasteiger partial charge in [0.1, 0.15) is 17.3 Å². The van der Waals surface area contributed by atoms with Crippen molar-refractivity contribution in [2.45, 2.75) is 26.8 Å². The number of aliphatic hydroxyl groups excluding tert-OH is 1. The fourth-order valence-corrected chi connectivity index (χ4v) is 4.21. The first-order valence-electron chi connectivity index (χ1n) is 11.1. The zero-order valence-corrected chi connectivity index (χ0v) is 19.7. The molecule has 0 saturated carbocycles.